The molecule has 1 fully saturated rings. The monoisotopic (exact) mass is 222 g/mol. The molecule has 0 radical (unpaired) electrons. The molecule has 15 heavy (non-hydrogen) atoms. The highest BCUT2D eigenvalue weighted by atomic mass is 32.2. The summed E-state index contributed by atoms with van der Waals surface area (Å²) in [6.07, 6.45) is 0. The van der Waals surface area contributed by atoms with Crippen molar-refractivity contribution >= 4 is 28.6 Å². The Kier molecular flexibility index (Phi) is 2.64. The van der Waals surface area contributed by atoms with E-state index in [4.69, 9.17) is 0 Å². The summed E-state index contributed by atoms with van der Waals surface area (Å²) >= 11 is 1.03. The number of hydrogen-bond donors (Lipinski definition) is 0. The normalized spacial score (nSPS) is 15.9. The first-order valence-electron chi connectivity index (χ1n) is 4.48. The zero-order chi connectivity index (χ0) is 10.8. The molecule has 0 atom stereocenters. The highest BCUT2D eigenvalue weighted by molar-refractivity contribution is 8.14. The van der Waals surface area contributed by atoms with Gasteiger partial charge in [-0.25, -0.2) is 0 Å². The molecule has 1 aromatic carbocycles. The van der Waals surface area contributed by atoms with Crippen LogP contribution in [0.5, 0.6) is 0 Å². The van der Waals surface area contributed by atoms with Gasteiger partial charge >= 0.3 is 5.24 Å². The van der Waals surface area contributed by atoms with Crippen LogP contribution in [0, 0.1) is 0 Å². The van der Waals surface area contributed by atoms with Crippen molar-refractivity contribution in [3.05, 3.63) is 30.3 Å². The van der Waals surface area contributed by atoms with Crippen molar-refractivity contribution in [1.82, 2.24) is 5.01 Å². The Bertz CT molecular complexity index is 378. The lowest BCUT2D eigenvalue weighted by Crippen LogP contribution is -2.43. The quantitative estimate of drug-likeness (QED) is 0.764. The molecule has 1 heterocycles. The second-order valence-electron chi connectivity index (χ2n) is 3.12. The van der Waals surface area contributed by atoms with E-state index in [-0.39, 0.29) is 16.9 Å². The van der Waals surface area contributed by atoms with E-state index in [0.29, 0.717) is 0 Å². The summed E-state index contributed by atoms with van der Waals surface area (Å²) in [7, 11) is 1.71. The minimum atomic E-state index is -0.216. The van der Waals surface area contributed by atoms with Crippen molar-refractivity contribution in [3.63, 3.8) is 0 Å². The number of hydrazine groups is 1. The molecule has 1 aliphatic rings. The molecule has 0 N–H and O–H groups in total. The Morgan fingerprint density at radius 2 is 1.93 bits per heavy atom. The second kappa shape index (κ2) is 3.94. The summed E-state index contributed by atoms with van der Waals surface area (Å²) in [5, 5.41) is 2.52. The van der Waals surface area contributed by atoms with Crippen LogP contribution in [-0.2, 0) is 4.79 Å². The molecule has 78 valence electrons. The first-order chi connectivity index (χ1) is 7.20. The molecule has 4 nitrogen and oxygen atoms in total. The maximum atomic E-state index is 11.4. The zero-order valence-electron chi connectivity index (χ0n) is 8.21. The second-order valence-corrected chi connectivity index (χ2v) is 4.05. The van der Waals surface area contributed by atoms with Gasteiger partial charge in [0.25, 0.3) is 5.91 Å². The molecule has 5 heteroatoms. The van der Waals surface area contributed by atoms with E-state index in [9.17, 15) is 9.59 Å². The van der Waals surface area contributed by atoms with E-state index in [2.05, 4.69) is 0 Å². The largest absolute Gasteiger partial charge is 0.307 e. The number of nitrogens with zero attached hydrogens (tertiary/aromatic N) is 2. The summed E-state index contributed by atoms with van der Waals surface area (Å²) in [5.74, 6) is 0.0621. The molecule has 0 aromatic heterocycles. The molecule has 0 saturated carbocycles. The van der Waals surface area contributed by atoms with E-state index in [1.807, 2.05) is 30.3 Å². The number of thioether (sulfide) groups is 1. The maximum absolute atomic E-state index is 11.4. The van der Waals surface area contributed by atoms with Crippen LogP contribution in [-0.4, -0.2) is 29.0 Å². The predicted molar refractivity (Wildman–Crippen MR) is 59.5 cm³/mol. The fourth-order valence-electron chi connectivity index (χ4n) is 1.40. The summed E-state index contributed by atoms with van der Waals surface area (Å²) < 4.78 is 0. The van der Waals surface area contributed by atoms with Crippen LogP contribution in [0.2, 0.25) is 0 Å². The van der Waals surface area contributed by atoms with E-state index >= 15 is 0 Å². The van der Waals surface area contributed by atoms with Gasteiger partial charge in [0, 0.05) is 7.05 Å². The van der Waals surface area contributed by atoms with Crippen LogP contribution in [0.25, 0.3) is 0 Å². The Balaban J connectivity index is 2.24. The fourth-order valence-corrected chi connectivity index (χ4v) is 2.11. The summed E-state index contributed by atoms with van der Waals surface area (Å²) in [5.41, 5.74) is 0.821. The van der Waals surface area contributed by atoms with Crippen molar-refractivity contribution in [2.75, 3.05) is 17.8 Å². The van der Waals surface area contributed by atoms with Gasteiger partial charge in [-0.15, -0.1) is 0 Å². The molecular formula is C10H10N2O2S. The van der Waals surface area contributed by atoms with Gasteiger partial charge in [0.15, 0.2) is 0 Å². The average molecular weight is 222 g/mol. The predicted octanol–water partition coefficient (Wildman–Crippen LogP) is 1.73. The van der Waals surface area contributed by atoms with E-state index in [1.54, 1.807) is 12.1 Å². The van der Waals surface area contributed by atoms with Crippen molar-refractivity contribution in [1.29, 1.82) is 0 Å². The molecule has 2 rings (SSSR count). The molecule has 0 aliphatic carbocycles. The van der Waals surface area contributed by atoms with Crippen LogP contribution in [0.3, 0.4) is 0 Å². The number of rotatable bonds is 2. The Hall–Kier alpha value is -1.49. The number of amides is 2. The number of benzene rings is 1. The van der Waals surface area contributed by atoms with Gasteiger partial charge in [-0.1, -0.05) is 30.0 Å². The molecular weight excluding hydrogens is 212 g/mol. The van der Waals surface area contributed by atoms with Crippen molar-refractivity contribution in [2.24, 2.45) is 0 Å². The lowest BCUT2D eigenvalue weighted by molar-refractivity contribution is -0.124. The minimum absolute atomic E-state index is 0.170. The number of para-hydroxylation sites is 1. The zero-order valence-corrected chi connectivity index (χ0v) is 9.03. The van der Waals surface area contributed by atoms with Gasteiger partial charge in [0.05, 0.1) is 11.4 Å². The number of carbonyl (C=O) groups excluding carboxylic acids is 2. The van der Waals surface area contributed by atoms with E-state index < -0.39 is 0 Å². The molecule has 1 saturated heterocycles. The minimum Gasteiger partial charge on any atom is -0.278 e. The first kappa shape index (κ1) is 10.0. The molecule has 0 unspecified atom stereocenters. The van der Waals surface area contributed by atoms with Crippen molar-refractivity contribution in [2.45, 2.75) is 0 Å². The maximum Gasteiger partial charge on any atom is 0.307 e. The average Bonchev–Trinajstić information content (AvgIpc) is 2.59. The van der Waals surface area contributed by atoms with E-state index in [1.165, 1.54) is 5.01 Å². The third-order valence-electron chi connectivity index (χ3n) is 2.16. The highest BCUT2D eigenvalue weighted by Crippen LogP contribution is 2.23. The number of imide groups is 1. The first-order valence-corrected chi connectivity index (χ1v) is 5.47. The summed E-state index contributed by atoms with van der Waals surface area (Å²) in [6.45, 7) is 0. The van der Waals surface area contributed by atoms with Crippen LogP contribution in [0.15, 0.2) is 30.3 Å². The van der Waals surface area contributed by atoms with E-state index in [0.717, 1.165) is 17.4 Å². The van der Waals surface area contributed by atoms with Crippen LogP contribution < -0.4 is 5.01 Å². The topological polar surface area (TPSA) is 40.6 Å². The lowest BCUT2D eigenvalue weighted by atomic mass is 10.3. The molecule has 0 spiro atoms. The van der Waals surface area contributed by atoms with Crippen molar-refractivity contribution < 1.29 is 9.59 Å². The van der Waals surface area contributed by atoms with Crippen LogP contribution in [0.4, 0.5) is 10.5 Å². The van der Waals surface area contributed by atoms with Gasteiger partial charge in [-0.05, 0) is 12.1 Å². The summed E-state index contributed by atoms with van der Waals surface area (Å²) in [4.78, 5) is 22.9. The van der Waals surface area contributed by atoms with Gasteiger partial charge in [-0.3, -0.25) is 14.6 Å². The summed E-state index contributed by atoms with van der Waals surface area (Å²) in [6, 6.07) is 9.32. The van der Waals surface area contributed by atoms with Crippen LogP contribution in [0.1, 0.15) is 0 Å². The third kappa shape index (κ3) is 1.83. The fraction of sp³-hybridized carbons (Fsp3) is 0.200. The Morgan fingerprint density at radius 3 is 2.47 bits per heavy atom. The molecule has 0 bridgehead atoms. The highest BCUT2D eigenvalue weighted by Gasteiger charge is 2.33. The third-order valence-corrected chi connectivity index (χ3v) is 2.97. The molecule has 2 amide bonds. The van der Waals surface area contributed by atoms with Crippen LogP contribution >= 0.6 is 11.8 Å². The number of carbonyl (C=O) groups is 2. The lowest BCUT2D eigenvalue weighted by Gasteiger charge is -2.26. The Morgan fingerprint density at radius 1 is 1.27 bits per heavy atom. The van der Waals surface area contributed by atoms with Crippen molar-refractivity contribution in [3.8, 4) is 0 Å². The van der Waals surface area contributed by atoms with Gasteiger partial charge < -0.3 is 0 Å². The number of anilines is 1. The SMILES string of the molecule is CN(c1ccccc1)N1C(=O)CSC1=O. The molecule has 1 aromatic rings. The van der Waals surface area contributed by atoms with Gasteiger partial charge in [0.1, 0.15) is 0 Å². The standard InChI is InChI=1S/C10H10N2O2S/c1-11(8-5-3-2-4-6-8)12-9(13)7-15-10(12)14/h2-6H,7H2,1H3. The smallest absolute Gasteiger partial charge is 0.278 e. The van der Waals surface area contributed by atoms with Gasteiger partial charge in [0.2, 0.25) is 0 Å². The Labute approximate surface area is 91.8 Å². The van der Waals surface area contributed by atoms with Gasteiger partial charge in [-0.2, -0.15) is 5.01 Å². The number of hydrogen-bond acceptors (Lipinski definition) is 4. The molecule has 1 aliphatic heterocycles.